The highest BCUT2D eigenvalue weighted by Crippen LogP contribution is 2.27. The molecule has 0 spiro atoms. The quantitative estimate of drug-likeness (QED) is 0.346. The van der Waals surface area contributed by atoms with Crippen LogP contribution in [-0.4, -0.2) is 55.0 Å². The summed E-state index contributed by atoms with van der Waals surface area (Å²) in [6.07, 6.45) is 3.33. The number of halogens is 1. The van der Waals surface area contributed by atoms with Gasteiger partial charge in [-0.2, -0.15) is 0 Å². The molecule has 2 N–H and O–H groups in total. The predicted molar refractivity (Wildman–Crippen MR) is 137 cm³/mol. The van der Waals surface area contributed by atoms with Crippen molar-refractivity contribution in [1.82, 2.24) is 15.1 Å². The third-order valence-corrected chi connectivity index (χ3v) is 5.99. The maximum absolute atomic E-state index is 12.3. The summed E-state index contributed by atoms with van der Waals surface area (Å²) < 4.78 is 0. The number of carbonyl (C=O) groups excluding carboxylic acids is 1. The molecule has 2 aromatic carbocycles. The van der Waals surface area contributed by atoms with E-state index >= 15 is 0 Å². The lowest BCUT2D eigenvalue weighted by Gasteiger charge is -2.22. The summed E-state index contributed by atoms with van der Waals surface area (Å²) in [6, 6.07) is 18.8. The Morgan fingerprint density at radius 3 is 2.55 bits per heavy atom. The fourth-order valence-corrected chi connectivity index (χ4v) is 4.35. The summed E-state index contributed by atoms with van der Waals surface area (Å²) in [7, 11) is 1.84. The zero-order chi connectivity index (χ0) is 20.8. The molecule has 1 atom stereocenters. The van der Waals surface area contributed by atoms with Gasteiger partial charge in [0, 0.05) is 51.4 Å². The molecule has 2 fully saturated rings. The number of nitrogens with zero attached hydrogens (tertiary/aromatic N) is 3. The van der Waals surface area contributed by atoms with Crippen LogP contribution in [0, 0.1) is 0 Å². The Morgan fingerprint density at radius 2 is 1.81 bits per heavy atom. The molecule has 4 rings (SSSR count). The van der Waals surface area contributed by atoms with Crippen LogP contribution in [0.3, 0.4) is 0 Å². The lowest BCUT2D eigenvalue weighted by Crippen LogP contribution is -2.39. The average molecular weight is 533 g/mol. The highest BCUT2D eigenvalue weighted by molar-refractivity contribution is 14.0. The van der Waals surface area contributed by atoms with Crippen molar-refractivity contribution in [1.29, 1.82) is 0 Å². The van der Waals surface area contributed by atoms with E-state index in [1.165, 1.54) is 5.56 Å². The van der Waals surface area contributed by atoms with Gasteiger partial charge in [0.05, 0.1) is 0 Å². The van der Waals surface area contributed by atoms with E-state index in [0.29, 0.717) is 12.5 Å². The SMILES string of the molecule is CN=C(NCc1cccc(NC(=O)N2CCCC2)c1)N1CCC(c2ccccc2)C1.I. The van der Waals surface area contributed by atoms with Crippen molar-refractivity contribution in [2.75, 3.05) is 38.5 Å². The van der Waals surface area contributed by atoms with Crippen LogP contribution >= 0.6 is 24.0 Å². The van der Waals surface area contributed by atoms with Gasteiger partial charge in [-0.05, 0) is 42.5 Å². The summed E-state index contributed by atoms with van der Waals surface area (Å²) in [5, 5.41) is 6.51. The van der Waals surface area contributed by atoms with Crippen LogP contribution in [0.4, 0.5) is 10.5 Å². The van der Waals surface area contributed by atoms with Crippen molar-refractivity contribution in [2.24, 2.45) is 4.99 Å². The summed E-state index contributed by atoms with van der Waals surface area (Å²) in [5.74, 6) is 1.48. The largest absolute Gasteiger partial charge is 0.352 e. The van der Waals surface area contributed by atoms with E-state index in [1.54, 1.807) is 0 Å². The highest BCUT2D eigenvalue weighted by atomic mass is 127. The lowest BCUT2D eigenvalue weighted by molar-refractivity contribution is 0.222. The Bertz CT molecular complexity index is 883. The van der Waals surface area contributed by atoms with Gasteiger partial charge in [-0.15, -0.1) is 24.0 Å². The fourth-order valence-electron chi connectivity index (χ4n) is 4.35. The van der Waals surface area contributed by atoms with Crippen LogP contribution in [-0.2, 0) is 6.54 Å². The Kier molecular flexibility index (Phi) is 8.57. The minimum atomic E-state index is -0.00237. The predicted octanol–water partition coefficient (Wildman–Crippen LogP) is 4.50. The molecule has 6 nitrogen and oxygen atoms in total. The molecule has 0 radical (unpaired) electrons. The second-order valence-electron chi connectivity index (χ2n) is 8.07. The first-order valence-electron chi connectivity index (χ1n) is 10.9. The number of nitrogens with one attached hydrogen (secondary N) is 2. The molecule has 166 valence electrons. The second-order valence-corrected chi connectivity index (χ2v) is 8.07. The monoisotopic (exact) mass is 533 g/mol. The average Bonchev–Trinajstić information content (AvgIpc) is 3.48. The Labute approximate surface area is 202 Å². The van der Waals surface area contributed by atoms with Crippen molar-refractivity contribution < 1.29 is 4.79 Å². The third kappa shape index (κ3) is 6.12. The minimum absolute atomic E-state index is 0. The van der Waals surface area contributed by atoms with Crippen molar-refractivity contribution in [3.05, 3.63) is 65.7 Å². The third-order valence-electron chi connectivity index (χ3n) is 5.99. The Morgan fingerprint density at radius 1 is 1.03 bits per heavy atom. The van der Waals surface area contributed by atoms with Crippen molar-refractivity contribution in [3.63, 3.8) is 0 Å². The molecule has 7 heteroatoms. The van der Waals surface area contributed by atoms with Gasteiger partial charge in [0.25, 0.3) is 0 Å². The number of urea groups is 1. The molecule has 31 heavy (non-hydrogen) atoms. The summed E-state index contributed by atoms with van der Waals surface area (Å²) in [6.45, 7) is 4.36. The molecule has 2 aliphatic rings. The normalized spacial score (nSPS) is 18.6. The lowest BCUT2D eigenvalue weighted by atomic mass is 9.99. The van der Waals surface area contributed by atoms with Gasteiger partial charge in [-0.1, -0.05) is 42.5 Å². The molecule has 0 aromatic heterocycles. The van der Waals surface area contributed by atoms with Gasteiger partial charge in [0.2, 0.25) is 0 Å². The van der Waals surface area contributed by atoms with Crippen molar-refractivity contribution in [2.45, 2.75) is 31.7 Å². The van der Waals surface area contributed by atoms with Gasteiger partial charge >= 0.3 is 6.03 Å². The molecule has 2 aromatic rings. The molecule has 0 saturated carbocycles. The number of aliphatic imine (C=N–C) groups is 1. The maximum Gasteiger partial charge on any atom is 0.321 e. The van der Waals surface area contributed by atoms with E-state index in [4.69, 9.17) is 0 Å². The number of hydrogen-bond acceptors (Lipinski definition) is 2. The van der Waals surface area contributed by atoms with Gasteiger partial charge in [0.1, 0.15) is 0 Å². The van der Waals surface area contributed by atoms with E-state index < -0.39 is 0 Å². The van der Waals surface area contributed by atoms with E-state index in [9.17, 15) is 4.79 Å². The van der Waals surface area contributed by atoms with Gasteiger partial charge in [0.15, 0.2) is 5.96 Å². The molecule has 0 bridgehead atoms. The van der Waals surface area contributed by atoms with Crippen molar-refractivity contribution in [3.8, 4) is 0 Å². The number of benzene rings is 2. The van der Waals surface area contributed by atoms with Crippen LogP contribution in [0.5, 0.6) is 0 Å². The summed E-state index contributed by atoms with van der Waals surface area (Å²) >= 11 is 0. The number of carbonyl (C=O) groups is 1. The number of likely N-dealkylation sites (tertiary alicyclic amines) is 2. The maximum atomic E-state index is 12.3. The van der Waals surface area contributed by atoms with Crippen LogP contribution < -0.4 is 10.6 Å². The zero-order valence-corrected chi connectivity index (χ0v) is 20.4. The Hall–Kier alpha value is -2.29. The molecular weight excluding hydrogens is 501 g/mol. The summed E-state index contributed by atoms with van der Waals surface area (Å²) in [4.78, 5) is 21.0. The second kappa shape index (κ2) is 11.4. The van der Waals surface area contributed by atoms with Gasteiger partial charge < -0.3 is 20.4 Å². The molecule has 2 heterocycles. The van der Waals surface area contributed by atoms with Crippen LogP contribution in [0.1, 0.15) is 36.3 Å². The standard InChI is InChI=1S/C24H31N5O.HI/c1-25-23(29-15-12-21(18-29)20-9-3-2-4-10-20)26-17-19-8-7-11-22(16-19)27-24(30)28-13-5-6-14-28;/h2-4,7-11,16,21H,5-6,12-15,17-18H2,1H3,(H,25,26)(H,27,30);1H. The number of guanidine groups is 1. The smallest absolute Gasteiger partial charge is 0.321 e. The fraction of sp³-hybridized carbons (Fsp3) is 0.417. The first kappa shape index (κ1) is 23.4. The first-order valence-corrected chi connectivity index (χ1v) is 10.9. The number of amides is 2. The van der Waals surface area contributed by atoms with Crippen LogP contribution in [0.15, 0.2) is 59.6 Å². The molecule has 2 amide bonds. The van der Waals surface area contributed by atoms with E-state index in [-0.39, 0.29) is 30.0 Å². The topological polar surface area (TPSA) is 60.0 Å². The number of anilines is 1. The number of hydrogen-bond donors (Lipinski definition) is 2. The zero-order valence-electron chi connectivity index (χ0n) is 18.1. The molecule has 2 saturated heterocycles. The van der Waals surface area contributed by atoms with Crippen LogP contribution in [0.2, 0.25) is 0 Å². The minimum Gasteiger partial charge on any atom is -0.352 e. The van der Waals surface area contributed by atoms with Gasteiger partial charge in [-0.3, -0.25) is 4.99 Å². The molecule has 0 aliphatic carbocycles. The molecule has 2 aliphatic heterocycles. The van der Waals surface area contributed by atoms with E-state index in [1.807, 2.05) is 30.1 Å². The van der Waals surface area contributed by atoms with E-state index in [2.05, 4.69) is 56.9 Å². The Balaban J connectivity index is 0.00000272. The van der Waals surface area contributed by atoms with Crippen LogP contribution in [0.25, 0.3) is 0 Å². The number of rotatable bonds is 4. The summed E-state index contributed by atoms with van der Waals surface area (Å²) in [5.41, 5.74) is 3.36. The van der Waals surface area contributed by atoms with Gasteiger partial charge in [-0.25, -0.2) is 4.79 Å². The highest BCUT2D eigenvalue weighted by Gasteiger charge is 2.25. The van der Waals surface area contributed by atoms with E-state index in [0.717, 1.165) is 62.7 Å². The first-order chi connectivity index (χ1) is 14.7. The molecular formula is C24H32IN5O. The molecule has 1 unspecified atom stereocenters. The van der Waals surface area contributed by atoms with Crippen molar-refractivity contribution >= 4 is 41.7 Å².